The molecule has 46 heavy (non-hydrogen) atoms. The number of ketones is 1. The average Bonchev–Trinajstić information content (AvgIpc) is 3.48. The van der Waals surface area contributed by atoms with E-state index in [4.69, 9.17) is 0 Å². The van der Waals surface area contributed by atoms with Crippen molar-refractivity contribution in [1.29, 1.82) is 0 Å². The van der Waals surface area contributed by atoms with Gasteiger partial charge >= 0.3 is 0 Å². The molecule has 3 aromatic carbocycles. The zero-order valence-corrected chi connectivity index (χ0v) is 24.6. The number of Topliss-reactive ketones (excluding diaryl/α,β-unsaturated/α-hetero) is 1. The average molecular weight is 628 g/mol. The van der Waals surface area contributed by atoms with Crippen LogP contribution in [0.2, 0.25) is 0 Å². The van der Waals surface area contributed by atoms with Crippen LogP contribution >= 0.6 is 0 Å². The molecule has 12 heteroatoms. The van der Waals surface area contributed by atoms with E-state index >= 15 is 0 Å². The Kier molecular flexibility index (Phi) is 10.1. The fourth-order valence-corrected chi connectivity index (χ4v) is 5.22. The van der Waals surface area contributed by atoms with E-state index in [-0.39, 0.29) is 36.6 Å². The van der Waals surface area contributed by atoms with E-state index in [0.717, 1.165) is 23.1 Å². The van der Waals surface area contributed by atoms with Gasteiger partial charge < -0.3 is 21.3 Å². The molecule has 0 saturated carbocycles. The number of aromatic nitrogens is 1. The van der Waals surface area contributed by atoms with Crippen molar-refractivity contribution in [1.82, 2.24) is 26.3 Å². The summed E-state index contributed by atoms with van der Waals surface area (Å²) in [6.07, 6.45) is -0.0482. The van der Waals surface area contributed by atoms with Crippen LogP contribution in [-0.2, 0) is 32.1 Å². The number of para-hydroxylation sites is 1. The van der Waals surface area contributed by atoms with Crippen molar-refractivity contribution in [2.75, 3.05) is 6.54 Å². The number of benzene rings is 3. The molecular formula is C34H31F2N5O5. The minimum atomic E-state index is -1.42. The predicted molar refractivity (Wildman–Crippen MR) is 164 cm³/mol. The van der Waals surface area contributed by atoms with E-state index in [1.807, 2.05) is 12.1 Å². The van der Waals surface area contributed by atoms with Gasteiger partial charge in [0, 0.05) is 30.8 Å². The Hall–Kier alpha value is -5.52. The Morgan fingerprint density at radius 2 is 1.61 bits per heavy atom. The molecule has 0 bridgehead atoms. The molecule has 4 aromatic rings. The number of nitrogens with zero attached hydrogens (tertiary/aromatic N) is 1. The topological polar surface area (TPSA) is 146 Å². The monoisotopic (exact) mass is 627 g/mol. The lowest BCUT2D eigenvalue weighted by atomic mass is 9.94. The minimum absolute atomic E-state index is 0.00247. The molecule has 10 nitrogen and oxygen atoms in total. The Bertz CT molecular complexity index is 1780. The largest absolute Gasteiger partial charge is 0.356 e. The maximum absolute atomic E-state index is 14.1. The van der Waals surface area contributed by atoms with E-state index in [9.17, 15) is 32.8 Å². The summed E-state index contributed by atoms with van der Waals surface area (Å²) in [6.45, 7) is 0.440. The standard InChI is InChI=1S/C34H31F2N5O5/c35-24-12-10-21(16-25(24)36)17-29(41-32(44)27-13-11-22-8-4-5-9-26(22)39-27)33(45)40-28(18-23-14-15-37-31(23)43)30(42)34(46)38-19-20-6-2-1-3-7-20/h1-13,16,23,28-29H,14-15,17-19H2,(H,37,43)(H,38,46)(H,40,45)(H,41,44)/t23-,28-,29-/m0/s1. The Labute approximate surface area is 263 Å². The molecule has 1 saturated heterocycles. The van der Waals surface area contributed by atoms with Gasteiger partial charge in [-0.3, -0.25) is 24.0 Å². The lowest BCUT2D eigenvalue weighted by Crippen LogP contribution is -2.55. The Balaban J connectivity index is 1.38. The van der Waals surface area contributed by atoms with Gasteiger partial charge in [0.05, 0.1) is 11.6 Å². The number of carbonyl (C=O) groups is 5. The predicted octanol–water partition coefficient (Wildman–Crippen LogP) is 2.75. The molecule has 5 rings (SSSR count). The highest BCUT2D eigenvalue weighted by molar-refractivity contribution is 6.38. The number of carbonyl (C=O) groups excluding carboxylic acids is 5. The summed E-state index contributed by atoms with van der Waals surface area (Å²) in [5, 5.41) is 11.1. The first kappa shape index (κ1) is 31.9. The zero-order valence-electron chi connectivity index (χ0n) is 24.6. The number of hydrogen-bond acceptors (Lipinski definition) is 6. The summed E-state index contributed by atoms with van der Waals surface area (Å²) in [4.78, 5) is 70.1. The molecule has 4 N–H and O–H groups in total. The molecule has 0 spiro atoms. The van der Waals surface area contributed by atoms with Crippen LogP contribution in [0.1, 0.15) is 34.5 Å². The summed E-state index contributed by atoms with van der Waals surface area (Å²) in [5.41, 5.74) is 1.47. The maximum Gasteiger partial charge on any atom is 0.289 e. The zero-order chi connectivity index (χ0) is 32.6. The summed E-state index contributed by atoms with van der Waals surface area (Å²) in [7, 11) is 0. The van der Waals surface area contributed by atoms with Gasteiger partial charge in [0.1, 0.15) is 11.7 Å². The second-order valence-corrected chi connectivity index (χ2v) is 11.0. The number of pyridine rings is 1. The highest BCUT2D eigenvalue weighted by Gasteiger charge is 2.35. The number of amides is 4. The highest BCUT2D eigenvalue weighted by Crippen LogP contribution is 2.18. The first-order chi connectivity index (χ1) is 22.2. The molecule has 1 aromatic heterocycles. The third-order valence-corrected chi connectivity index (χ3v) is 7.71. The van der Waals surface area contributed by atoms with E-state index in [1.54, 1.807) is 48.5 Å². The van der Waals surface area contributed by atoms with E-state index < -0.39 is 53.1 Å². The molecule has 236 valence electrons. The van der Waals surface area contributed by atoms with Crippen molar-refractivity contribution < 1.29 is 32.8 Å². The molecule has 1 aliphatic rings. The Morgan fingerprint density at radius 1 is 0.848 bits per heavy atom. The summed E-state index contributed by atoms with van der Waals surface area (Å²) < 4.78 is 27.7. The van der Waals surface area contributed by atoms with Crippen LogP contribution < -0.4 is 21.3 Å². The SMILES string of the molecule is O=C(NCc1ccccc1)C(=O)[C@H](C[C@@H]1CCNC1=O)NC(=O)[C@H](Cc1ccc(F)c(F)c1)NC(=O)c1ccc2ccccc2n1. The van der Waals surface area contributed by atoms with Crippen molar-refractivity contribution in [3.05, 3.63) is 113 Å². The molecule has 1 aliphatic heterocycles. The van der Waals surface area contributed by atoms with Gasteiger partial charge in [0.2, 0.25) is 17.6 Å². The Morgan fingerprint density at radius 3 is 2.35 bits per heavy atom. The van der Waals surface area contributed by atoms with Crippen LogP contribution in [0.5, 0.6) is 0 Å². The molecule has 3 atom stereocenters. The van der Waals surface area contributed by atoms with E-state index in [0.29, 0.717) is 18.5 Å². The number of halogens is 2. The number of rotatable bonds is 12. The van der Waals surface area contributed by atoms with E-state index in [2.05, 4.69) is 26.3 Å². The van der Waals surface area contributed by atoms with Gasteiger partial charge in [-0.2, -0.15) is 0 Å². The first-order valence-corrected chi connectivity index (χ1v) is 14.7. The fourth-order valence-electron chi connectivity index (χ4n) is 5.22. The summed E-state index contributed by atoms with van der Waals surface area (Å²) in [5.74, 6) is -6.72. The highest BCUT2D eigenvalue weighted by atomic mass is 19.2. The molecule has 1 fully saturated rings. The van der Waals surface area contributed by atoms with Gasteiger partial charge in [0.15, 0.2) is 11.6 Å². The van der Waals surface area contributed by atoms with Crippen LogP contribution in [-0.4, -0.2) is 53.0 Å². The number of fused-ring (bicyclic) bond motifs is 1. The molecule has 0 aliphatic carbocycles. The van der Waals surface area contributed by atoms with Crippen molar-refractivity contribution in [2.24, 2.45) is 5.92 Å². The van der Waals surface area contributed by atoms with Crippen LogP contribution in [0.3, 0.4) is 0 Å². The van der Waals surface area contributed by atoms with Crippen LogP contribution in [0.15, 0.2) is 84.9 Å². The number of hydrogen-bond donors (Lipinski definition) is 4. The fraction of sp³-hybridized carbons (Fsp3) is 0.235. The third kappa shape index (κ3) is 7.95. The lowest BCUT2D eigenvalue weighted by molar-refractivity contribution is -0.141. The second kappa shape index (κ2) is 14.5. The van der Waals surface area contributed by atoms with E-state index in [1.165, 1.54) is 12.1 Å². The van der Waals surface area contributed by atoms with Gasteiger partial charge in [-0.1, -0.05) is 60.7 Å². The third-order valence-electron chi connectivity index (χ3n) is 7.71. The van der Waals surface area contributed by atoms with Gasteiger partial charge in [-0.05, 0) is 48.2 Å². The summed E-state index contributed by atoms with van der Waals surface area (Å²) in [6, 6.07) is 19.4. The minimum Gasteiger partial charge on any atom is -0.356 e. The van der Waals surface area contributed by atoms with Crippen LogP contribution in [0, 0.1) is 17.6 Å². The first-order valence-electron chi connectivity index (χ1n) is 14.7. The van der Waals surface area contributed by atoms with Gasteiger partial charge in [-0.25, -0.2) is 13.8 Å². The molecule has 0 radical (unpaired) electrons. The second-order valence-electron chi connectivity index (χ2n) is 11.0. The van der Waals surface area contributed by atoms with Crippen molar-refractivity contribution in [2.45, 2.75) is 37.9 Å². The van der Waals surface area contributed by atoms with Crippen molar-refractivity contribution in [3.63, 3.8) is 0 Å². The smallest absolute Gasteiger partial charge is 0.289 e. The lowest BCUT2D eigenvalue weighted by Gasteiger charge is -2.24. The molecule has 4 amide bonds. The van der Waals surface area contributed by atoms with Gasteiger partial charge in [-0.15, -0.1) is 0 Å². The van der Waals surface area contributed by atoms with Crippen molar-refractivity contribution >= 4 is 40.3 Å². The molecular weight excluding hydrogens is 596 g/mol. The molecule has 2 heterocycles. The quantitative estimate of drug-likeness (QED) is 0.178. The number of nitrogens with one attached hydrogen (secondary N) is 4. The van der Waals surface area contributed by atoms with Crippen LogP contribution in [0.4, 0.5) is 8.78 Å². The van der Waals surface area contributed by atoms with Crippen molar-refractivity contribution in [3.8, 4) is 0 Å². The summed E-state index contributed by atoms with van der Waals surface area (Å²) >= 11 is 0. The molecule has 0 unspecified atom stereocenters. The maximum atomic E-state index is 14.1. The van der Waals surface area contributed by atoms with Crippen LogP contribution in [0.25, 0.3) is 10.9 Å². The van der Waals surface area contributed by atoms with Gasteiger partial charge in [0.25, 0.3) is 11.8 Å². The normalized spacial score (nSPS) is 15.4.